The molecule has 1 saturated carbocycles. The van der Waals surface area contributed by atoms with Crippen molar-refractivity contribution in [3.05, 3.63) is 0 Å². The zero-order valence-electron chi connectivity index (χ0n) is 13.2. The van der Waals surface area contributed by atoms with Crippen molar-refractivity contribution >= 4 is 0 Å². The van der Waals surface area contributed by atoms with Crippen molar-refractivity contribution in [2.45, 2.75) is 71.3 Å². The van der Waals surface area contributed by atoms with Gasteiger partial charge in [-0.2, -0.15) is 0 Å². The van der Waals surface area contributed by atoms with Gasteiger partial charge in [0.25, 0.3) is 0 Å². The van der Waals surface area contributed by atoms with E-state index in [-0.39, 0.29) is 0 Å². The maximum Gasteiger partial charge on any atom is 0.0107 e. The molecule has 1 saturated heterocycles. The van der Waals surface area contributed by atoms with Crippen LogP contribution in [-0.2, 0) is 0 Å². The fourth-order valence-electron chi connectivity index (χ4n) is 3.97. The van der Waals surface area contributed by atoms with Gasteiger partial charge in [-0.05, 0) is 63.6 Å². The molecule has 0 amide bonds. The van der Waals surface area contributed by atoms with Crippen LogP contribution in [0.4, 0.5) is 0 Å². The Balaban J connectivity index is 1.86. The van der Waals surface area contributed by atoms with Gasteiger partial charge in [0.2, 0.25) is 0 Å². The Morgan fingerprint density at radius 3 is 2.63 bits per heavy atom. The number of nitrogens with zero attached hydrogens (tertiary/aromatic N) is 1. The lowest BCUT2D eigenvalue weighted by atomic mass is 9.94. The smallest absolute Gasteiger partial charge is 0.0107 e. The monoisotopic (exact) mass is 266 g/mol. The average Bonchev–Trinajstić information content (AvgIpc) is 2.73. The Kier molecular flexibility index (Phi) is 6.66. The van der Waals surface area contributed by atoms with Gasteiger partial charge in [-0.3, -0.25) is 0 Å². The summed E-state index contributed by atoms with van der Waals surface area (Å²) >= 11 is 0. The van der Waals surface area contributed by atoms with Crippen LogP contribution in [0.1, 0.15) is 65.2 Å². The highest BCUT2D eigenvalue weighted by molar-refractivity contribution is 4.82. The maximum atomic E-state index is 3.76. The van der Waals surface area contributed by atoms with Gasteiger partial charge >= 0.3 is 0 Å². The van der Waals surface area contributed by atoms with Gasteiger partial charge in [-0.1, -0.05) is 33.1 Å². The molecule has 0 spiro atoms. The van der Waals surface area contributed by atoms with E-state index < -0.39 is 0 Å². The van der Waals surface area contributed by atoms with E-state index in [0.29, 0.717) is 0 Å². The van der Waals surface area contributed by atoms with Crippen LogP contribution >= 0.6 is 0 Å². The van der Waals surface area contributed by atoms with E-state index in [0.717, 1.165) is 24.4 Å². The van der Waals surface area contributed by atoms with E-state index in [1.165, 1.54) is 71.0 Å². The van der Waals surface area contributed by atoms with Crippen molar-refractivity contribution < 1.29 is 0 Å². The minimum Gasteiger partial charge on any atom is -0.314 e. The van der Waals surface area contributed by atoms with Crippen molar-refractivity contribution in [1.29, 1.82) is 0 Å². The van der Waals surface area contributed by atoms with Crippen molar-refractivity contribution in [3.8, 4) is 0 Å². The van der Waals surface area contributed by atoms with Gasteiger partial charge in [-0.25, -0.2) is 0 Å². The third-order valence-electron chi connectivity index (χ3n) is 5.23. The van der Waals surface area contributed by atoms with E-state index in [2.05, 4.69) is 24.1 Å². The zero-order chi connectivity index (χ0) is 13.5. The van der Waals surface area contributed by atoms with E-state index in [1.54, 1.807) is 0 Å². The molecule has 2 heteroatoms. The summed E-state index contributed by atoms with van der Waals surface area (Å²) in [5, 5.41) is 3.76. The number of hydrogen-bond acceptors (Lipinski definition) is 2. The third-order valence-corrected chi connectivity index (χ3v) is 5.23. The van der Waals surface area contributed by atoms with Crippen LogP contribution in [0.5, 0.6) is 0 Å². The molecule has 0 bridgehead atoms. The fourth-order valence-corrected chi connectivity index (χ4v) is 3.97. The van der Waals surface area contributed by atoms with Gasteiger partial charge < -0.3 is 10.2 Å². The Morgan fingerprint density at radius 1 is 0.947 bits per heavy atom. The molecule has 0 aromatic carbocycles. The van der Waals surface area contributed by atoms with Crippen molar-refractivity contribution in [2.75, 3.05) is 26.2 Å². The Hall–Kier alpha value is -0.0800. The van der Waals surface area contributed by atoms with Crippen LogP contribution < -0.4 is 5.32 Å². The predicted octanol–water partition coefficient (Wildman–Crippen LogP) is 3.67. The summed E-state index contributed by atoms with van der Waals surface area (Å²) in [5.41, 5.74) is 0. The minimum absolute atomic E-state index is 0.785. The normalized spacial score (nSPS) is 34.7. The molecule has 1 aliphatic carbocycles. The van der Waals surface area contributed by atoms with Gasteiger partial charge in [0.05, 0.1) is 0 Å². The molecule has 1 aliphatic heterocycles. The molecule has 0 aromatic rings. The topological polar surface area (TPSA) is 15.3 Å². The molecule has 1 heterocycles. The lowest BCUT2D eigenvalue weighted by molar-refractivity contribution is 0.198. The second kappa shape index (κ2) is 8.26. The standard InChI is InChI=1S/C17H34N2/c1-3-18-17-10-6-4-5-9-16(17)14-19-12-7-8-15(2)11-13-19/h15-18H,3-14H2,1-2H3. The number of nitrogens with one attached hydrogen (secondary N) is 1. The second-order valence-corrected chi connectivity index (χ2v) is 6.90. The molecule has 112 valence electrons. The van der Waals surface area contributed by atoms with Crippen LogP contribution in [0, 0.1) is 11.8 Å². The first-order valence-corrected chi connectivity index (χ1v) is 8.75. The van der Waals surface area contributed by atoms with Crippen LogP contribution in [0.2, 0.25) is 0 Å². The van der Waals surface area contributed by atoms with Crippen molar-refractivity contribution in [3.63, 3.8) is 0 Å². The molecule has 1 N–H and O–H groups in total. The predicted molar refractivity (Wildman–Crippen MR) is 83.5 cm³/mol. The van der Waals surface area contributed by atoms with Gasteiger partial charge in [0.1, 0.15) is 0 Å². The molecule has 2 fully saturated rings. The Morgan fingerprint density at radius 2 is 1.79 bits per heavy atom. The summed E-state index contributed by atoms with van der Waals surface area (Å²) in [6.45, 7) is 9.87. The van der Waals surface area contributed by atoms with Crippen LogP contribution in [0.15, 0.2) is 0 Å². The molecule has 2 rings (SSSR count). The molecular formula is C17H34N2. The van der Waals surface area contributed by atoms with E-state index in [1.807, 2.05) is 0 Å². The molecule has 0 radical (unpaired) electrons. The summed E-state index contributed by atoms with van der Waals surface area (Å²) in [5.74, 6) is 1.85. The Bertz CT molecular complexity index is 241. The van der Waals surface area contributed by atoms with Gasteiger partial charge in [0.15, 0.2) is 0 Å². The summed E-state index contributed by atoms with van der Waals surface area (Å²) in [6.07, 6.45) is 11.5. The van der Waals surface area contributed by atoms with Gasteiger partial charge in [0, 0.05) is 12.6 Å². The molecule has 3 atom stereocenters. The lowest BCUT2D eigenvalue weighted by Gasteiger charge is -2.31. The van der Waals surface area contributed by atoms with E-state index in [9.17, 15) is 0 Å². The highest BCUT2D eigenvalue weighted by Gasteiger charge is 2.25. The minimum atomic E-state index is 0.785. The van der Waals surface area contributed by atoms with Crippen molar-refractivity contribution in [2.24, 2.45) is 11.8 Å². The van der Waals surface area contributed by atoms with Crippen LogP contribution in [0.3, 0.4) is 0 Å². The first-order chi connectivity index (χ1) is 9.29. The molecular weight excluding hydrogens is 232 g/mol. The highest BCUT2D eigenvalue weighted by Crippen LogP contribution is 2.26. The maximum absolute atomic E-state index is 3.76. The average molecular weight is 266 g/mol. The SMILES string of the molecule is CCNC1CCCCCC1CN1CCCC(C)CC1. The molecule has 19 heavy (non-hydrogen) atoms. The third kappa shape index (κ3) is 5.07. The second-order valence-electron chi connectivity index (χ2n) is 6.90. The largest absolute Gasteiger partial charge is 0.314 e. The van der Waals surface area contributed by atoms with E-state index >= 15 is 0 Å². The summed E-state index contributed by atoms with van der Waals surface area (Å²) in [7, 11) is 0. The number of hydrogen-bond donors (Lipinski definition) is 1. The molecule has 2 nitrogen and oxygen atoms in total. The first kappa shape index (κ1) is 15.3. The highest BCUT2D eigenvalue weighted by atomic mass is 15.1. The molecule has 3 unspecified atom stereocenters. The lowest BCUT2D eigenvalue weighted by Crippen LogP contribution is -2.42. The van der Waals surface area contributed by atoms with E-state index in [4.69, 9.17) is 0 Å². The summed E-state index contributed by atoms with van der Waals surface area (Å²) < 4.78 is 0. The Labute approximate surface area is 120 Å². The fraction of sp³-hybridized carbons (Fsp3) is 1.00. The van der Waals surface area contributed by atoms with Crippen LogP contribution in [0.25, 0.3) is 0 Å². The molecule has 0 aromatic heterocycles. The van der Waals surface area contributed by atoms with Gasteiger partial charge in [-0.15, -0.1) is 0 Å². The number of likely N-dealkylation sites (tertiary alicyclic amines) is 1. The van der Waals surface area contributed by atoms with Crippen molar-refractivity contribution in [1.82, 2.24) is 10.2 Å². The summed E-state index contributed by atoms with van der Waals surface area (Å²) in [6, 6.07) is 0.785. The zero-order valence-corrected chi connectivity index (χ0v) is 13.2. The first-order valence-electron chi connectivity index (χ1n) is 8.75. The number of rotatable bonds is 4. The van der Waals surface area contributed by atoms with Crippen LogP contribution in [-0.4, -0.2) is 37.1 Å². The quantitative estimate of drug-likeness (QED) is 0.781. The molecule has 2 aliphatic rings. The summed E-state index contributed by atoms with van der Waals surface area (Å²) in [4.78, 5) is 2.77.